The van der Waals surface area contributed by atoms with Crippen LogP contribution >= 0.6 is 11.3 Å². The maximum Gasteiger partial charge on any atom is 0.229 e. The molecule has 7 nitrogen and oxygen atoms in total. The third kappa shape index (κ3) is 7.27. The van der Waals surface area contributed by atoms with Crippen molar-refractivity contribution in [3.05, 3.63) is 76.7 Å². The van der Waals surface area contributed by atoms with Crippen LogP contribution in [-0.4, -0.2) is 56.9 Å². The molecule has 0 aliphatic carbocycles. The van der Waals surface area contributed by atoms with Crippen molar-refractivity contribution < 1.29 is 17.9 Å². The van der Waals surface area contributed by atoms with Gasteiger partial charge < -0.3 is 14.4 Å². The van der Waals surface area contributed by atoms with Crippen LogP contribution in [0.15, 0.2) is 66.3 Å². The van der Waals surface area contributed by atoms with Crippen molar-refractivity contribution in [2.75, 3.05) is 37.2 Å². The number of piperidine rings is 1. The molecule has 0 spiro atoms. The second kappa shape index (κ2) is 11.8. The van der Waals surface area contributed by atoms with Crippen molar-refractivity contribution >= 4 is 27.0 Å². The Kier molecular flexibility index (Phi) is 8.55. The molecule has 0 bridgehead atoms. The average Bonchev–Trinajstić information content (AvgIpc) is 3.36. The van der Waals surface area contributed by atoms with E-state index in [4.69, 9.17) is 9.47 Å². The number of para-hydroxylation sites is 2. The lowest BCUT2D eigenvalue weighted by atomic mass is 10.1. The highest BCUT2D eigenvalue weighted by atomic mass is 32.2. The number of hydrogen-bond acceptors (Lipinski definition) is 7. The van der Waals surface area contributed by atoms with Gasteiger partial charge in [-0.3, -0.25) is 9.71 Å². The number of sulfonamides is 1. The van der Waals surface area contributed by atoms with E-state index in [1.807, 2.05) is 18.3 Å². The number of aromatic nitrogens is 1. The molecule has 182 valence electrons. The third-order valence-electron chi connectivity index (χ3n) is 5.71. The second-order valence-electron chi connectivity index (χ2n) is 8.43. The van der Waals surface area contributed by atoms with E-state index in [9.17, 15) is 8.42 Å². The van der Waals surface area contributed by atoms with E-state index >= 15 is 0 Å². The molecule has 0 amide bonds. The normalized spacial score (nSPS) is 16.3. The highest BCUT2D eigenvalue weighted by Gasteiger charge is 2.25. The van der Waals surface area contributed by atoms with Crippen LogP contribution in [0, 0.1) is 0 Å². The lowest BCUT2D eigenvalue weighted by Crippen LogP contribution is -2.38. The fourth-order valence-electron chi connectivity index (χ4n) is 4.09. The van der Waals surface area contributed by atoms with Crippen molar-refractivity contribution in [3.63, 3.8) is 0 Å². The molecule has 1 aromatic carbocycles. The smallest absolute Gasteiger partial charge is 0.229 e. The van der Waals surface area contributed by atoms with Gasteiger partial charge >= 0.3 is 0 Å². The maximum absolute atomic E-state index is 11.5. The minimum absolute atomic E-state index is 0.0701. The predicted octanol–water partition coefficient (Wildman–Crippen LogP) is 4.55. The number of nitrogens with one attached hydrogen (secondary N) is 1. The highest BCUT2D eigenvalue weighted by Crippen LogP contribution is 2.32. The Morgan fingerprint density at radius 1 is 1.15 bits per heavy atom. The summed E-state index contributed by atoms with van der Waals surface area (Å²) >= 11 is 1.72. The number of benzene rings is 1. The van der Waals surface area contributed by atoms with Gasteiger partial charge in [-0.05, 0) is 48.9 Å². The van der Waals surface area contributed by atoms with Gasteiger partial charge in [0.25, 0.3) is 0 Å². The van der Waals surface area contributed by atoms with Crippen molar-refractivity contribution in [3.8, 4) is 5.75 Å². The molecule has 1 unspecified atom stereocenters. The first-order chi connectivity index (χ1) is 16.5. The van der Waals surface area contributed by atoms with Crippen LogP contribution < -0.4 is 9.46 Å². The zero-order chi connectivity index (χ0) is 23.8. The number of likely N-dealkylation sites (tertiary alicyclic amines) is 1. The summed E-state index contributed by atoms with van der Waals surface area (Å²) in [5.41, 5.74) is 1.56. The Hall–Kier alpha value is -2.46. The first-order valence-electron chi connectivity index (χ1n) is 11.5. The van der Waals surface area contributed by atoms with Crippen molar-refractivity contribution in [1.29, 1.82) is 0 Å². The molecule has 1 aliphatic rings. The second-order valence-corrected chi connectivity index (χ2v) is 11.2. The monoisotopic (exact) mass is 501 g/mol. The van der Waals surface area contributed by atoms with Gasteiger partial charge in [0.2, 0.25) is 10.0 Å². The summed E-state index contributed by atoms with van der Waals surface area (Å²) in [5.74, 6) is 0.551. The van der Waals surface area contributed by atoms with Gasteiger partial charge in [-0.2, -0.15) is 0 Å². The van der Waals surface area contributed by atoms with E-state index in [1.165, 1.54) is 4.88 Å². The minimum Gasteiger partial charge on any atom is -0.491 e. The van der Waals surface area contributed by atoms with Crippen molar-refractivity contribution in [1.82, 2.24) is 9.88 Å². The van der Waals surface area contributed by atoms with Gasteiger partial charge in [0.15, 0.2) is 0 Å². The standard InChI is InChI=1S/C25H31N3O4S2/c1-34(29,30)27-22-8-2-3-9-23(22)31-17-6-14-28-15-11-21(12-16-28)32-25(24-10-5-18-33-24)20-7-4-13-26-19-20/h2-5,7-10,13,18-19,21,25,27H,6,11-12,14-17H2,1H3. The van der Waals surface area contributed by atoms with Crippen molar-refractivity contribution in [2.45, 2.75) is 31.5 Å². The molecule has 4 rings (SSSR count). The van der Waals surface area contributed by atoms with Crippen LogP contribution in [0.1, 0.15) is 35.8 Å². The van der Waals surface area contributed by atoms with Gasteiger partial charge in [0.05, 0.1) is 24.7 Å². The van der Waals surface area contributed by atoms with Gasteiger partial charge in [-0.1, -0.05) is 24.3 Å². The molecule has 1 saturated heterocycles. The molecule has 1 fully saturated rings. The Morgan fingerprint density at radius 2 is 1.97 bits per heavy atom. The van der Waals surface area contributed by atoms with Crippen molar-refractivity contribution in [2.24, 2.45) is 0 Å². The first kappa shape index (κ1) is 24.7. The Morgan fingerprint density at radius 3 is 2.68 bits per heavy atom. The summed E-state index contributed by atoms with van der Waals surface area (Å²) < 4.78 is 38.0. The Labute approximate surface area is 205 Å². The molecular weight excluding hydrogens is 470 g/mol. The maximum atomic E-state index is 11.5. The number of thiophene rings is 1. The molecule has 1 N–H and O–H groups in total. The summed E-state index contributed by atoms with van der Waals surface area (Å²) in [6.07, 6.45) is 7.81. The minimum atomic E-state index is -3.35. The fourth-order valence-corrected chi connectivity index (χ4v) is 5.44. The van der Waals surface area contributed by atoms with E-state index in [-0.39, 0.29) is 12.2 Å². The molecule has 3 aromatic rings. The molecular formula is C25H31N3O4S2. The van der Waals surface area contributed by atoms with Gasteiger partial charge in [0.1, 0.15) is 11.9 Å². The number of nitrogens with zero attached hydrogens (tertiary/aromatic N) is 2. The van der Waals surface area contributed by atoms with E-state index in [1.54, 1.807) is 35.7 Å². The van der Waals surface area contributed by atoms with Gasteiger partial charge in [0, 0.05) is 42.5 Å². The van der Waals surface area contributed by atoms with E-state index < -0.39 is 10.0 Å². The lowest BCUT2D eigenvalue weighted by Gasteiger charge is -2.33. The molecule has 0 radical (unpaired) electrons. The van der Waals surface area contributed by atoms with Crippen LogP contribution in [0.5, 0.6) is 5.75 Å². The van der Waals surface area contributed by atoms with E-state index in [0.29, 0.717) is 18.0 Å². The fraction of sp³-hybridized carbons (Fsp3) is 0.400. The number of rotatable bonds is 11. The van der Waals surface area contributed by atoms with E-state index in [2.05, 4.69) is 38.2 Å². The highest BCUT2D eigenvalue weighted by molar-refractivity contribution is 7.92. The van der Waals surface area contributed by atoms with Gasteiger partial charge in [-0.25, -0.2) is 8.42 Å². The molecule has 0 saturated carbocycles. The van der Waals surface area contributed by atoms with Crippen LogP contribution in [0.25, 0.3) is 0 Å². The Bertz CT molecular complexity index is 1120. The summed E-state index contributed by atoms with van der Waals surface area (Å²) in [5, 5.41) is 2.09. The summed E-state index contributed by atoms with van der Waals surface area (Å²) in [6, 6.07) is 15.3. The lowest BCUT2D eigenvalue weighted by molar-refractivity contribution is -0.0261. The largest absolute Gasteiger partial charge is 0.491 e. The Balaban J connectivity index is 1.22. The van der Waals surface area contributed by atoms with E-state index in [0.717, 1.165) is 50.7 Å². The van der Waals surface area contributed by atoms with Crippen LogP contribution in [0.3, 0.4) is 0 Å². The number of ether oxygens (including phenoxy) is 2. The predicted molar refractivity (Wildman–Crippen MR) is 136 cm³/mol. The van der Waals surface area contributed by atoms with Crippen LogP contribution in [0.4, 0.5) is 5.69 Å². The number of anilines is 1. The van der Waals surface area contributed by atoms with Crippen LogP contribution in [0.2, 0.25) is 0 Å². The van der Waals surface area contributed by atoms with Crippen LogP contribution in [-0.2, 0) is 14.8 Å². The molecule has 3 heterocycles. The zero-order valence-electron chi connectivity index (χ0n) is 19.3. The SMILES string of the molecule is CS(=O)(=O)Nc1ccccc1OCCCN1CCC(OC(c2cccnc2)c2cccs2)CC1. The summed E-state index contributed by atoms with van der Waals surface area (Å²) in [4.78, 5) is 7.92. The average molecular weight is 502 g/mol. The van der Waals surface area contributed by atoms with Gasteiger partial charge in [-0.15, -0.1) is 11.3 Å². The molecule has 1 atom stereocenters. The molecule has 2 aromatic heterocycles. The summed E-state index contributed by atoms with van der Waals surface area (Å²) in [6.45, 7) is 3.44. The topological polar surface area (TPSA) is 80.8 Å². The number of pyridine rings is 1. The molecule has 1 aliphatic heterocycles. The summed E-state index contributed by atoms with van der Waals surface area (Å²) in [7, 11) is -3.35. The quantitative estimate of drug-likeness (QED) is 0.388. The third-order valence-corrected chi connectivity index (χ3v) is 7.22. The number of hydrogen-bond donors (Lipinski definition) is 1. The molecule has 34 heavy (non-hydrogen) atoms. The zero-order valence-corrected chi connectivity index (χ0v) is 20.9. The molecule has 9 heteroatoms. The first-order valence-corrected chi connectivity index (χ1v) is 14.3.